The summed E-state index contributed by atoms with van der Waals surface area (Å²) in [5.74, 6) is 2.41. The second kappa shape index (κ2) is 9.16. The Labute approximate surface area is 232 Å². The quantitative estimate of drug-likeness (QED) is 0.276. The maximum Gasteiger partial charge on any atom is 0.573 e. The van der Waals surface area contributed by atoms with Crippen LogP contribution in [0.4, 0.5) is 23.7 Å². The van der Waals surface area contributed by atoms with Gasteiger partial charge in [-0.25, -0.2) is 4.79 Å². The van der Waals surface area contributed by atoms with Crippen molar-refractivity contribution in [2.75, 3.05) is 11.9 Å². The van der Waals surface area contributed by atoms with Crippen LogP contribution in [0, 0.1) is 11.5 Å². The Balaban J connectivity index is 1.75. The van der Waals surface area contributed by atoms with Crippen LogP contribution in [0.15, 0.2) is 42.5 Å². The first kappa shape index (κ1) is 27.8. The van der Waals surface area contributed by atoms with Gasteiger partial charge in [-0.15, -0.1) is 18.7 Å². The van der Waals surface area contributed by atoms with Gasteiger partial charge in [0.2, 0.25) is 0 Å². The Morgan fingerprint density at radius 3 is 2.20 bits per heavy atom. The van der Waals surface area contributed by atoms with Crippen molar-refractivity contribution in [3.8, 4) is 17.2 Å². The van der Waals surface area contributed by atoms with Crippen LogP contribution >= 0.6 is 0 Å². The summed E-state index contributed by atoms with van der Waals surface area (Å²) >= 11 is 0. The maximum absolute atomic E-state index is 13.8. The van der Waals surface area contributed by atoms with E-state index in [1.54, 1.807) is 12.1 Å². The van der Waals surface area contributed by atoms with E-state index < -0.39 is 37.7 Å². The van der Waals surface area contributed by atoms with E-state index in [0.29, 0.717) is 44.5 Å². The Bertz CT molecular complexity index is 1590. The topological polar surface area (TPSA) is 63.6 Å². The molecule has 0 radical (unpaired) electrons. The van der Waals surface area contributed by atoms with Crippen molar-refractivity contribution in [1.29, 1.82) is 0 Å². The van der Waals surface area contributed by atoms with Crippen molar-refractivity contribution in [2.45, 2.75) is 70.1 Å². The normalized spacial score (nSPS) is 18.6. The zero-order valence-corrected chi connectivity index (χ0v) is 24.5. The second-order valence-corrected chi connectivity index (χ2v) is 17.1. The molecule has 2 aliphatic heterocycles. The SMILES string of the molecule is CC(C)[Si](C#Cc1cc2cccc3c2n1C(=O)NC31C(=O)N(C)c2ccc(OC(F)(F)F)cc21)(C(C)C)C(C)C. The monoisotopic (exact) mass is 567 g/mol. The lowest BCUT2D eigenvalue weighted by atomic mass is 9.81. The summed E-state index contributed by atoms with van der Waals surface area (Å²) in [6.45, 7) is 13.3. The number of hydrogen-bond acceptors (Lipinski definition) is 3. The molecule has 1 unspecified atom stereocenters. The summed E-state index contributed by atoms with van der Waals surface area (Å²) in [6.07, 6.45) is -4.91. The maximum atomic E-state index is 13.8. The minimum Gasteiger partial charge on any atom is -0.406 e. The highest BCUT2D eigenvalue weighted by atomic mass is 28.3. The molecule has 10 heteroatoms. The molecule has 40 heavy (non-hydrogen) atoms. The average Bonchev–Trinajstić information content (AvgIpc) is 3.32. The molecule has 1 spiro atoms. The number of alkyl halides is 3. The largest absolute Gasteiger partial charge is 0.573 e. The lowest BCUT2D eigenvalue weighted by Crippen LogP contribution is -2.57. The molecule has 1 N–H and O–H groups in total. The molecule has 2 aromatic carbocycles. The Kier molecular flexibility index (Phi) is 6.38. The number of carbonyl (C=O) groups excluding carboxylic acids is 2. The number of fused-ring (bicyclic) bond motifs is 3. The molecule has 5 rings (SSSR count). The third-order valence-corrected chi connectivity index (χ3v) is 14.9. The number of ether oxygens (including phenoxy) is 1. The summed E-state index contributed by atoms with van der Waals surface area (Å²) < 4.78 is 44.8. The molecule has 1 aromatic heterocycles. The molecule has 0 saturated carbocycles. The molecule has 0 saturated heterocycles. The van der Waals surface area contributed by atoms with Gasteiger partial charge in [0.1, 0.15) is 19.5 Å². The van der Waals surface area contributed by atoms with E-state index in [-0.39, 0.29) is 5.56 Å². The third-order valence-electron chi connectivity index (χ3n) is 8.59. The molecule has 2 aliphatic rings. The first-order valence-electron chi connectivity index (χ1n) is 13.3. The van der Waals surface area contributed by atoms with Gasteiger partial charge in [0.05, 0.1) is 11.2 Å². The number of carbonyl (C=O) groups is 2. The zero-order chi connectivity index (χ0) is 29.4. The zero-order valence-electron chi connectivity index (χ0n) is 23.5. The number of benzene rings is 2. The van der Waals surface area contributed by atoms with Gasteiger partial charge in [0.15, 0.2) is 5.54 Å². The van der Waals surface area contributed by atoms with Gasteiger partial charge in [0, 0.05) is 23.6 Å². The van der Waals surface area contributed by atoms with Crippen molar-refractivity contribution in [1.82, 2.24) is 9.88 Å². The average molecular weight is 568 g/mol. The van der Waals surface area contributed by atoms with Gasteiger partial charge in [-0.05, 0) is 40.9 Å². The summed E-state index contributed by atoms with van der Waals surface area (Å²) in [5.41, 5.74) is 5.24. The molecule has 0 aliphatic carbocycles. The molecular formula is C30H32F3N3O3Si. The predicted molar refractivity (Wildman–Crippen MR) is 151 cm³/mol. The van der Waals surface area contributed by atoms with Crippen molar-refractivity contribution in [3.05, 3.63) is 59.3 Å². The van der Waals surface area contributed by atoms with Crippen molar-refractivity contribution in [3.63, 3.8) is 0 Å². The fourth-order valence-electron chi connectivity index (χ4n) is 6.92. The van der Waals surface area contributed by atoms with Crippen molar-refractivity contribution >= 4 is 36.6 Å². The standard InChI is InChI=1S/C30H32F3N3O3Si/c1-17(2)40(18(3)4,19(5)6)14-13-21-15-20-9-8-10-23-26(20)36(21)28(38)34-29(23)24-16-22(39-30(31,32)33)11-12-25(24)35(7)27(29)37/h8-12,15-19H,1-7H3,(H,34,38). The number of amides is 2. The molecule has 210 valence electrons. The molecule has 0 bridgehead atoms. The fraction of sp³-hybridized carbons (Fsp3) is 0.400. The van der Waals surface area contributed by atoms with E-state index in [0.717, 1.165) is 6.07 Å². The number of nitrogens with zero attached hydrogens (tertiary/aromatic N) is 2. The Hall–Kier alpha value is -3.71. The lowest BCUT2D eigenvalue weighted by molar-refractivity contribution is -0.274. The Morgan fingerprint density at radius 1 is 0.950 bits per heavy atom. The number of para-hydroxylation sites is 1. The smallest absolute Gasteiger partial charge is 0.406 e. The van der Waals surface area contributed by atoms with Gasteiger partial charge < -0.3 is 15.0 Å². The van der Waals surface area contributed by atoms with Crippen LogP contribution in [0.25, 0.3) is 10.9 Å². The van der Waals surface area contributed by atoms with E-state index in [1.807, 2.05) is 12.1 Å². The summed E-state index contributed by atoms with van der Waals surface area (Å²) in [6, 6.07) is 10.4. The third kappa shape index (κ3) is 3.85. The lowest BCUT2D eigenvalue weighted by Gasteiger charge is -2.38. The van der Waals surface area contributed by atoms with Gasteiger partial charge >= 0.3 is 12.4 Å². The highest BCUT2D eigenvalue weighted by Gasteiger charge is 2.56. The number of hydrogen-bond donors (Lipinski definition) is 1. The number of rotatable bonds is 4. The van der Waals surface area contributed by atoms with Crippen molar-refractivity contribution in [2.24, 2.45) is 0 Å². The van der Waals surface area contributed by atoms with E-state index in [4.69, 9.17) is 0 Å². The van der Waals surface area contributed by atoms with Gasteiger partial charge in [-0.2, -0.15) is 0 Å². The van der Waals surface area contributed by atoms with Crippen LogP contribution in [0.2, 0.25) is 16.6 Å². The van der Waals surface area contributed by atoms with Gasteiger partial charge in [-0.3, -0.25) is 9.36 Å². The van der Waals surface area contributed by atoms with Gasteiger partial charge in [-0.1, -0.05) is 65.7 Å². The van der Waals surface area contributed by atoms with E-state index in [9.17, 15) is 22.8 Å². The molecule has 2 amide bonds. The molecular weight excluding hydrogens is 535 g/mol. The summed E-state index contributed by atoms with van der Waals surface area (Å²) in [4.78, 5) is 29.0. The van der Waals surface area contributed by atoms with Crippen LogP contribution in [0.3, 0.4) is 0 Å². The summed E-state index contributed by atoms with van der Waals surface area (Å²) in [5, 5.41) is 3.58. The van der Waals surface area contributed by atoms with Crippen LogP contribution in [-0.4, -0.2) is 38.0 Å². The van der Waals surface area contributed by atoms with Crippen LogP contribution < -0.4 is 15.0 Å². The number of likely N-dealkylation sites (N-methyl/N-ethyl adjacent to an activating group) is 1. The van der Waals surface area contributed by atoms with Crippen molar-refractivity contribution < 1.29 is 27.5 Å². The molecule has 0 fully saturated rings. The van der Waals surface area contributed by atoms with Gasteiger partial charge in [0.25, 0.3) is 5.91 Å². The first-order valence-corrected chi connectivity index (χ1v) is 15.6. The molecule has 6 nitrogen and oxygen atoms in total. The number of halogens is 3. The Morgan fingerprint density at radius 2 is 1.60 bits per heavy atom. The molecule has 1 atom stereocenters. The molecule has 3 aromatic rings. The van der Waals surface area contributed by atoms with E-state index >= 15 is 0 Å². The van der Waals surface area contributed by atoms with Crippen LogP contribution in [-0.2, 0) is 10.3 Å². The van der Waals surface area contributed by atoms with Crippen LogP contribution in [0.1, 0.15) is 58.4 Å². The number of anilines is 1. The first-order chi connectivity index (χ1) is 18.6. The fourth-order valence-corrected chi connectivity index (χ4v) is 12.1. The summed E-state index contributed by atoms with van der Waals surface area (Å²) in [7, 11) is -0.578. The van der Waals surface area contributed by atoms with E-state index in [2.05, 4.69) is 63.1 Å². The second-order valence-electron chi connectivity index (χ2n) is 11.5. The minimum atomic E-state index is -4.91. The predicted octanol–water partition coefficient (Wildman–Crippen LogP) is 6.90. The minimum absolute atomic E-state index is 0.216. The highest BCUT2D eigenvalue weighted by molar-refractivity contribution is 6.90. The highest BCUT2D eigenvalue weighted by Crippen LogP contribution is 2.49. The number of nitrogens with one attached hydrogen (secondary N) is 1. The molecule has 3 heterocycles. The van der Waals surface area contributed by atoms with Crippen LogP contribution in [0.5, 0.6) is 5.75 Å². The van der Waals surface area contributed by atoms with E-state index in [1.165, 1.54) is 28.6 Å². The number of aromatic nitrogens is 1.